The van der Waals surface area contributed by atoms with Gasteiger partial charge in [-0.3, -0.25) is 4.90 Å². The Bertz CT molecular complexity index is 760. The predicted octanol–water partition coefficient (Wildman–Crippen LogP) is 6.61. The Kier molecular flexibility index (Phi) is 9.97. The highest BCUT2D eigenvalue weighted by Gasteiger charge is 2.35. The molecular weight excluding hydrogens is 378 g/mol. The molecule has 162 valence electrons. The number of aryl methyl sites for hydroxylation is 1. The molecule has 0 amide bonds. The highest BCUT2D eigenvalue weighted by Crippen LogP contribution is 2.38. The van der Waals surface area contributed by atoms with E-state index in [1.165, 1.54) is 18.1 Å². The topological polar surface area (TPSA) is 27.0 Å². The smallest absolute Gasteiger partial charge is 0.132 e. The first-order chi connectivity index (χ1) is 14.5. The fraction of sp³-hybridized carbons (Fsp3) is 0.500. The van der Waals surface area contributed by atoms with Crippen LogP contribution in [0.3, 0.4) is 0 Å². The lowest BCUT2D eigenvalue weighted by Crippen LogP contribution is -2.32. The lowest BCUT2D eigenvalue weighted by Gasteiger charge is -2.28. The van der Waals surface area contributed by atoms with Gasteiger partial charge in [-0.05, 0) is 61.8 Å². The average molecular weight is 413 g/mol. The summed E-state index contributed by atoms with van der Waals surface area (Å²) in [5.41, 5.74) is 3.73. The van der Waals surface area contributed by atoms with Gasteiger partial charge in [0, 0.05) is 19.5 Å². The number of benzene rings is 2. The molecule has 0 bridgehead atoms. The monoisotopic (exact) mass is 412 g/mol. The van der Waals surface area contributed by atoms with Crippen molar-refractivity contribution in [2.45, 2.75) is 77.3 Å². The largest absolute Gasteiger partial charge is 0.297 e. The fourth-order valence-corrected chi connectivity index (χ4v) is 4.12. The number of hydrogen-bond acceptors (Lipinski definition) is 2. The summed E-state index contributed by atoms with van der Waals surface area (Å²) in [6, 6.07) is 21.3. The molecule has 1 aliphatic rings. The molecule has 0 heterocycles. The van der Waals surface area contributed by atoms with Crippen molar-refractivity contribution in [2.24, 2.45) is 0 Å². The summed E-state index contributed by atoms with van der Waals surface area (Å²) in [6.45, 7) is 7.95. The molecular formula is C26H34F2N2. The Labute approximate surface area is 180 Å². The summed E-state index contributed by atoms with van der Waals surface area (Å²) >= 11 is 0. The first-order valence-corrected chi connectivity index (χ1v) is 10.9. The van der Waals surface area contributed by atoms with Crippen LogP contribution < -0.4 is 0 Å². The fourth-order valence-electron chi connectivity index (χ4n) is 4.12. The summed E-state index contributed by atoms with van der Waals surface area (Å²) in [6.07, 6.45) is 0.183. The summed E-state index contributed by atoms with van der Waals surface area (Å²) in [5, 5.41) is 7.32. The third kappa shape index (κ3) is 7.22. The maximum Gasteiger partial charge on any atom is 0.132 e. The zero-order chi connectivity index (χ0) is 21.9. The summed E-state index contributed by atoms with van der Waals surface area (Å²) in [7, 11) is 0. The molecule has 2 aromatic carbocycles. The van der Waals surface area contributed by atoms with E-state index in [-0.39, 0.29) is 5.92 Å². The normalized spacial score (nSPS) is 21.6. The van der Waals surface area contributed by atoms with Crippen molar-refractivity contribution in [3.8, 4) is 6.07 Å². The quantitative estimate of drug-likeness (QED) is 0.487. The van der Waals surface area contributed by atoms with E-state index in [9.17, 15) is 8.78 Å². The van der Waals surface area contributed by atoms with E-state index in [0.717, 1.165) is 31.5 Å². The van der Waals surface area contributed by atoms with Gasteiger partial charge in [0.2, 0.25) is 0 Å². The molecule has 2 aromatic rings. The lowest BCUT2D eigenvalue weighted by atomic mass is 9.95. The molecule has 1 fully saturated rings. The molecule has 1 aliphatic carbocycles. The number of nitriles is 1. The zero-order valence-electron chi connectivity index (χ0n) is 18.4. The van der Waals surface area contributed by atoms with E-state index >= 15 is 0 Å². The minimum atomic E-state index is -1.29. The standard InChI is InChI=1S/C24H31F2N.C2H3N/c1-3-27(17-20-7-5-4-6-8-20)18(2)9-10-19-11-13-21(14-12-19)22-15-23(25)24(26)16-22;1-2-3/h4-8,11-14,18,22-24H,3,9-10,15-17H2,1-2H3;1H3. The maximum absolute atomic E-state index is 13.4. The summed E-state index contributed by atoms with van der Waals surface area (Å²) in [5.74, 6) is 0.0319. The highest BCUT2D eigenvalue weighted by atomic mass is 19.2. The first-order valence-electron chi connectivity index (χ1n) is 10.9. The van der Waals surface area contributed by atoms with E-state index < -0.39 is 12.3 Å². The Balaban J connectivity index is 0.00000101. The summed E-state index contributed by atoms with van der Waals surface area (Å²) in [4.78, 5) is 2.50. The first kappa shape index (κ1) is 24.0. The van der Waals surface area contributed by atoms with Crippen LogP contribution in [0.5, 0.6) is 0 Å². The molecule has 2 nitrogen and oxygen atoms in total. The van der Waals surface area contributed by atoms with Crippen LogP contribution >= 0.6 is 0 Å². The van der Waals surface area contributed by atoms with Crippen LogP contribution in [0, 0.1) is 11.3 Å². The van der Waals surface area contributed by atoms with Crippen LogP contribution in [0.15, 0.2) is 54.6 Å². The second-order valence-corrected chi connectivity index (χ2v) is 8.10. The van der Waals surface area contributed by atoms with E-state index in [1.54, 1.807) is 6.07 Å². The molecule has 0 spiro atoms. The van der Waals surface area contributed by atoms with Gasteiger partial charge in [0.15, 0.2) is 0 Å². The van der Waals surface area contributed by atoms with Crippen molar-refractivity contribution in [3.63, 3.8) is 0 Å². The molecule has 0 N–H and O–H groups in total. The third-order valence-corrected chi connectivity index (χ3v) is 5.97. The van der Waals surface area contributed by atoms with Gasteiger partial charge in [-0.25, -0.2) is 8.78 Å². The number of rotatable bonds is 8. The van der Waals surface area contributed by atoms with Gasteiger partial charge in [0.1, 0.15) is 12.3 Å². The average Bonchev–Trinajstić information content (AvgIpc) is 3.10. The molecule has 3 atom stereocenters. The molecule has 3 rings (SSSR count). The molecule has 30 heavy (non-hydrogen) atoms. The van der Waals surface area contributed by atoms with Crippen LogP contribution in [-0.4, -0.2) is 29.8 Å². The third-order valence-electron chi connectivity index (χ3n) is 5.97. The molecule has 4 heteroatoms. The van der Waals surface area contributed by atoms with Crippen molar-refractivity contribution in [1.29, 1.82) is 5.26 Å². The van der Waals surface area contributed by atoms with Crippen molar-refractivity contribution >= 4 is 0 Å². The van der Waals surface area contributed by atoms with Crippen molar-refractivity contribution < 1.29 is 8.78 Å². The van der Waals surface area contributed by atoms with Gasteiger partial charge >= 0.3 is 0 Å². The highest BCUT2D eigenvalue weighted by molar-refractivity contribution is 5.27. The van der Waals surface area contributed by atoms with Gasteiger partial charge in [-0.15, -0.1) is 0 Å². The Morgan fingerprint density at radius 1 is 1.00 bits per heavy atom. The molecule has 0 saturated heterocycles. The number of alkyl halides is 2. The minimum Gasteiger partial charge on any atom is -0.297 e. The van der Waals surface area contributed by atoms with Crippen LogP contribution in [0.4, 0.5) is 8.78 Å². The van der Waals surface area contributed by atoms with E-state index in [2.05, 4.69) is 73.3 Å². The second kappa shape index (κ2) is 12.4. The van der Waals surface area contributed by atoms with E-state index in [0.29, 0.717) is 18.9 Å². The molecule has 3 unspecified atom stereocenters. The van der Waals surface area contributed by atoms with E-state index in [4.69, 9.17) is 5.26 Å². The van der Waals surface area contributed by atoms with Crippen LogP contribution in [0.2, 0.25) is 0 Å². The second-order valence-electron chi connectivity index (χ2n) is 8.10. The van der Waals surface area contributed by atoms with Gasteiger partial charge in [0.25, 0.3) is 0 Å². The SMILES string of the molecule is CC#N.CCN(Cc1ccccc1)C(C)CCc1ccc(C2CC(F)C(F)C2)cc1. The minimum absolute atomic E-state index is 0.0319. The van der Waals surface area contributed by atoms with E-state index in [1.807, 2.05) is 0 Å². The van der Waals surface area contributed by atoms with Crippen LogP contribution in [0.1, 0.15) is 62.6 Å². The molecule has 0 aromatic heterocycles. The van der Waals surface area contributed by atoms with Crippen LogP contribution in [-0.2, 0) is 13.0 Å². The number of nitrogens with zero attached hydrogens (tertiary/aromatic N) is 2. The zero-order valence-corrected chi connectivity index (χ0v) is 18.4. The Hall–Kier alpha value is -2.25. The van der Waals surface area contributed by atoms with Gasteiger partial charge in [-0.1, -0.05) is 61.5 Å². The predicted molar refractivity (Wildman–Crippen MR) is 120 cm³/mol. The molecule has 0 aliphatic heterocycles. The Morgan fingerprint density at radius 2 is 1.57 bits per heavy atom. The maximum atomic E-state index is 13.4. The van der Waals surface area contributed by atoms with Crippen molar-refractivity contribution in [2.75, 3.05) is 6.54 Å². The molecule has 1 saturated carbocycles. The van der Waals surface area contributed by atoms with Gasteiger partial charge in [0.05, 0.1) is 6.07 Å². The van der Waals surface area contributed by atoms with Gasteiger partial charge in [-0.2, -0.15) is 5.26 Å². The number of halogens is 2. The molecule has 0 radical (unpaired) electrons. The lowest BCUT2D eigenvalue weighted by molar-refractivity contribution is 0.199. The van der Waals surface area contributed by atoms with Crippen LogP contribution in [0.25, 0.3) is 0 Å². The van der Waals surface area contributed by atoms with Crippen molar-refractivity contribution in [1.82, 2.24) is 4.90 Å². The summed E-state index contributed by atoms with van der Waals surface area (Å²) < 4.78 is 26.9. The number of hydrogen-bond donors (Lipinski definition) is 0. The Morgan fingerprint density at radius 3 is 2.10 bits per heavy atom. The van der Waals surface area contributed by atoms with Gasteiger partial charge < -0.3 is 0 Å². The van der Waals surface area contributed by atoms with Crippen molar-refractivity contribution in [3.05, 3.63) is 71.3 Å².